The van der Waals surface area contributed by atoms with Crippen LogP contribution in [0.2, 0.25) is 10.0 Å². The number of nitrogens with one attached hydrogen (secondary N) is 1. The van der Waals surface area contributed by atoms with Gasteiger partial charge in [0.25, 0.3) is 5.91 Å². The van der Waals surface area contributed by atoms with E-state index in [2.05, 4.69) is 5.32 Å². The summed E-state index contributed by atoms with van der Waals surface area (Å²) in [5.74, 6) is -0.373. The molecule has 0 unspecified atom stereocenters. The third-order valence-electron chi connectivity index (χ3n) is 4.04. The third-order valence-corrected chi connectivity index (χ3v) is 6.25. The Balaban J connectivity index is 1.58. The second-order valence-corrected chi connectivity index (χ2v) is 8.45. The molecule has 0 radical (unpaired) electrons. The molecular formula is C20H16Cl2N2O2S2. The van der Waals surface area contributed by atoms with Gasteiger partial charge in [0.05, 0.1) is 15.0 Å². The van der Waals surface area contributed by atoms with Crippen LogP contribution in [0.5, 0.6) is 0 Å². The highest BCUT2D eigenvalue weighted by atomic mass is 35.5. The van der Waals surface area contributed by atoms with E-state index in [4.69, 9.17) is 35.4 Å². The lowest BCUT2D eigenvalue weighted by Gasteiger charge is -2.14. The number of thioether (sulfide) groups is 1. The molecule has 2 aromatic carbocycles. The van der Waals surface area contributed by atoms with Gasteiger partial charge in [-0.15, -0.1) is 0 Å². The van der Waals surface area contributed by atoms with Crippen LogP contribution in [0, 0.1) is 0 Å². The fourth-order valence-electron chi connectivity index (χ4n) is 2.56. The fourth-order valence-corrected chi connectivity index (χ4v) is 4.23. The number of amides is 2. The van der Waals surface area contributed by atoms with Gasteiger partial charge < -0.3 is 5.32 Å². The topological polar surface area (TPSA) is 49.4 Å². The third kappa shape index (κ3) is 5.14. The van der Waals surface area contributed by atoms with E-state index < -0.39 is 0 Å². The molecule has 0 aromatic heterocycles. The second kappa shape index (κ2) is 9.56. The molecule has 2 amide bonds. The van der Waals surface area contributed by atoms with Crippen molar-refractivity contribution in [3.63, 3.8) is 0 Å². The van der Waals surface area contributed by atoms with Gasteiger partial charge in [-0.25, -0.2) is 0 Å². The average molecular weight is 451 g/mol. The van der Waals surface area contributed by atoms with Crippen molar-refractivity contribution in [1.29, 1.82) is 0 Å². The first-order valence-electron chi connectivity index (χ1n) is 8.45. The van der Waals surface area contributed by atoms with E-state index in [1.165, 1.54) is 16.7 Å². The highest BCUT2D eigenvalue weighted by Crippen LogP contribution is 2.35. The maximum absolute atomic E-state index is 12.6. The van der Waals surface area contributed by atoms with Crippen molar-refractivity contribution in [3.8, 4) is 0 Å². The maximum atomic E-state index is 12.6. The van der Waals surface area contributed by atoms with Crippen molar-refractivity contribution in [3.05, 3.63) is 74.6 Å². The van der Waals surface area contributed by atoms with Crippen molar-refractivity contribution in [2.75, 3.05) is 6.54 Å². The van der Waals surface area contributed by atoms with Gasteiger partial charge in [-0.2, -0.15) is 0 Å². The zero-order valence-electron chi connectivity index (χ0n) is 14.7. The number of carbonyl (C=O) groups excluding carboxylic acids is 2. The number of thiocarbonyl (C=S) groups is 1. The minimum absolute atomic E-state index is 0.139. The van der Waals surface area contributed by atoms with Gasteiger partial charge in [-0.05, 0) is 23.3 Å². The van der Waals surface area contributed by atoms with E-state index in [0.29, 0.717) is 31.4 Å². The summed E-state index contributed by atoms with van der Waals surface area (Å²) >= 11 is 18.7. The summed E-state index contributed by atoms with van der Waals surface area (Å²) in [4.78, 5) is 26.6. The summed E-state index contributed by atoms with van der Waals surface area (Å²) in [6.45, 7) is 0.678. The van der Waals surface area contributed by atoms with Crippen LogP contribution < -0.4 is 5.32 Å². The van der Waals surface area contributed by atoms with Crippen molar-refractivity contribution >= 4 is 69.4 Å². The molecule has 1 aliphatic rings. The summed E-state index contributed by atoms with van der Waals surface area (Å²) in [6.07, 6.45) is 1.84. The van der Waals surface area contributed by atoms with Crippen LogP contribution in [0.15, 0.2) is 53.4 Å². The lowest BCUT2D eigenvalue weighted by atomic mass is 10.2. The minimum atomic E-state index is -0.234. The predicted molar refractivity (Wildman–Crippen MR) is 119 cm³/mol. The number of carbonyl (C=O) groups is 2. The monoisotopic (exact) mass is 450 g/mol. The second-order valence-electron chi connectivity index (χ2n) is 5.99. The zero-order valence-corrected chi connectivity index (χ0v) is 17.8. The Morgan fingerprint density at radius 2 is 1.89 bits per heavy atom. The van der Waals surface area contributed by atoms with Crippen LogP contribution in [-0.2, 0) is 16.1 Å². The van der Waals surface area contributed by atoms with E-state index in [0.717, 1.165) is 5.56 Å². The fraction of sp³-hybridized carbons (Fsp3) is 0.150. The van der Waals surface area contributed by atoms with Crippen LogP contribution in [0.25, 0.3) is 6.08 Å². The van der Waals surface area contributed by atoms with E-state index in [9.17, 15) is 9.59 Å². The summed E-state index contributed by atoms with van der Waals surface area (Å²) in [7, 11) is 0. The Morgan fingerprint density at radius 3 is 2.64 bits per heavy atom. The van der Waals surface area contributed by atoms with E-state index >= 15 is 0 Å². The minimum Gasteiger partial charge on any atom is -0.352 e. The molecule has 2 aromatic rings. The smallest absolute Gasteiger partial charge is 0.266 e. The van der Waals surface area contributed by atoms with Crippen LogP contribution in [0.4, 0.5) is 0 Å². The quantitative estimate of drug-likeness (QED) is 0.502. The number of rotatable bonds is 6. The standard InChI is InChI=1S/C20H16Cl2N2O2S2/c21-15-8-4-7-14(18(15)22)11-16-19(26)24(20(27)28-16)10-9-17(25)23-12-13-5-2-1-3-6-13/h1-8,11H,9-10,12H2,(H,23,25)/b16-11-. The largest absolute Gasteiger partial charge is 0.352 e. The molecule has 1 heterocycles. The highest BCUT2D eigenvalue weighted by Gasteiger charge is 2.32. The first-order chi connectivity index (χ1) is 13.5. The molecule has 0 aliphatic carbocycles. The summed E-state index contributed by atoms with van der Waals surface area (Å²) in [5.41, 5.74) is 1.66. The van der Waals surface area contributed by atoms with Crippen LogP contribution in [0.3, 0.4) is 0 Å². The Hall–Kier alpha value is -1.86. The number of nitrogens with zero attached hydrogens (tertiary/aromatic N) is 1. The Bertz CT molecular complexity index is 948. The number of hydrogen-bond donors (Lipinski definition) is 1. The molecule has 144 valence electrons. The Kier molecular flexibility index (Phi) is 7.13. The predicted octanol–water partition coefficient (Wildman–Crippen LogP) is 4.90. The molecule has 3 rings (SSSR count). The first kappa shape index (κ1) is 20.9. The normalized spacial score (nSPS) is 15.4. The molecule has 0 atom stereocenters. The van der Waals surface area contributed by atoms with Crippen LogP contribution in [-0.4, -0.2) is 27.6 Å². The summed E-state index contributed by atoms with van der Waals surface area (Å²) in [5, 5.41) is 3.65. The van der Waals surface area contributed by atoms with Crippen molar-refractivity contribution in [2.45, 2.75) is 13.0 Å². The van der Waals surface area contributed by atoms with Gasteiger partial charge in [0.15, 0.2) is 0 Å². The van der Waals surface area contributed by atoms with Gasteiger partial charge in [0.2, 0.25) is 5.91 Å². The average Bonchev–Trinajstić information content (AvgIpc) is 2.96. The molecule has 0 bridgehead atoms. The number of hydrogen-bond acceptors (Lipinski definition) is 4. The number of benzene rings is 2. The summed E-state index contributed by atoms with van der Waals surface area (Å²) < 4.78 is 0.422. The highest BCUT2D eigenvalue weighted by molar-refractivity contribution is 8.26. The lowest BCUT2D eigenvalue weighted by molar-refractivity contribution is -0.123. The van der Waals surface area contributed by atoms with Crippen molar-refractivity contribution < 1.29 is 9.59 Å². The molecule has 1 N–H and O–H groups in total. The SMILES string of the molecule is O=C(CCN1C(=O)/C(=C/c2cccc(Cl)c2Cl)SC1=S)NCc1ccccc1. The van der Waals surface area contributed by atoms with Crippen LogP contribution in [0.1, 0.15) is 17.5 Å². The summed E-state index contributed by atoms with van der Waals surface area (Å²) in [6, 6.07) is 14.9. The molecule has 28 heavy (non-hydrogen) atoms. The van der Waals surface area contributed by atoms with Gasteiger partial charge in [-0.3, -0.25) is 14.5 Å². The van der Waals surface area contributed by atoms with Gasteiger partial charge in [-0.1, -0.05) is 89.6 Å². The van der Waals surface area contributed by atoms with E-state index in [-0.39, 0.29) is 24.8 Å². The molecule has 8 heteroatoms. The van der Waals surface area contributed by atoms with E-state index in [1.54, 1.807) is 24.3 Å². The molecule has 1 fully saturated rings. The van der Waals surface area contributed by atoms with Crippen molar-refractivity contribution in [2.24, 2.45) is 0 Å². The molecular weight excluding hydrogens is 435 g/mol. The van der Waals surface area contributed by atoms with Gasteiger partial charge >= 0.3 is 0 Å². The van der Waals surface area contributed by atoms with Crippen LogP contribution >= 0.6 is 47.2 Å². The van der Waals surface area contributed by atoms with Crippen molar-refractivity contribution in [1.82, 2.24) is 10.2 Å². The zero-order chi connectivity index (χ0) is 20.1. The molecule has 0 saturated carbocycles. The van der Waals surface area contributed by atoms with Gasteiger partial charge in [0.1, 0.15) is 4.32 Å². The van der Waals surface area contributed by atoms with E-state index in [1.807, 2.05) is 30.3 Å². The maximum Gasteiger partial charge on any atom is 0.266 e. The lowest BCUT2D eigenvalue weighted by Crippen LogP contribution is -2.33. The molecule has 1 saturated heterocycles. The Morgan fingerprint density at radius 1 is 1.14 bits per heavy atom. The van der Waals surface area contributed by atoms with Gasteiger partial charge in [0, 0.05) is 19.5 Å². The Labute approximate surface area is 182 Å². The molecule has 1 aliphatic heterocycles. The first-order valence-corrected chi connectivity index (χ1v) is 10.4. The molecule has 4 nitrogen and oxygen atoms in total. The number of halogens is 2. The molecule has 0 spiro atoms.